The molecule has 0 aromatic heterocycles. The molecule has 1 aromatic carbocycles. The third-order valence-corrected chi connectivity index (χ3v) is 2.20. The Balaban J connectivity index is 2.55. The molecule has 0 spiro atoms. The average Bonchev–Trinajstić information content (AvgIpc) is 2.34. The molecule has 3 heteroatoms. The highest BCUT2D eigenvalue weighted by Gasteiger charge is 2.04. The number of carbonyl (C=O) groups excluding carboxylic acids is 1. The molecule has 0 radical (unpaired) electrons. The van der Waals surface area contributed by atoms with Crippen molar-refractivity contribution in [2.75, 3.05) is 19.7 Å². The van der Waals surface area contributed by atoms with Gasteiger partial charge in [-0.05, 0) is 43.3 Å². The summed E-state index contributed by atoms with van der Waals surface area (Å²) in [5, 5.41) is 3.01. The van der Waals surface area contributed by atoms with E-state index in [0.717, 1.165) is 17.9 Å². The normalized spacial score (nSPS) is 10.0. The van der Waals surface area contributed by atoms with Crippen LogP contribution in [0.5, 0.6) is 5.75 Å². The zero-order chi connectivity index (χ0) is 12.7. The lowest BCUT2D eigenvalue weighted by Gasteiger charge is -2.06. The highest BCUT2D eigenvalue weighted by atomic mass is 16.5. The fraction of sp³-hybridized carbons (Fsp3) is 0.357. The maximum atomic E-state index is 11.7. The van der Waals surface area contributed by atoms with E-state index in [1.807, 2.05) is 26.0 Å². The summed E-state index contributed by atoms with van der Waals surface area (Å²) in [6, 6.07) is 7.19. The van der Waals surface area contributed by atoms with Gasteiger partial charge in [0.25, 0.3) is 0 Å². The fourth-order valence-electron chi connectivity index (χ4n) is 1.28. The molecule has 1 N–H and O–H groups in total. The Labute approximate surface area is 102 Å². The molecule has 17 heavy (non-hydrogen) atoms. The molecule has 0 amide bonds. The first kappa shape index (κ1) is 13.5. The van der Waals surface area contributed by atoms with Gasteiger partial charge in [0, 0.05) is 5.56 Å². The van der Waals surface area contributed by atoms with Gasteiger partial charge in [0.15, 0.2) is 5.78 Å². The predicted octanol–water partition coefficient (Wildman–Crippen LogP) is 2.43. The second kappa shape index (κ2) is 6.86. The zero-order valence-electron chi connectivity index (χ0n) is 10.5. The summed E-state index contributed by atoms with van der Waals surface area (Å²) in [5.41, 5.74) is 1.67. The van der Waals surface area contributed by atoms with Gasteiger partial charge < -0.3 is 10.1 Å². The van der Waals surface area contributed by atoms with E-state index >= 15 is 0 Å². The summed E-state index contributed by atoms with van der Waals surface area (Å²) in [5.74, 6) is 0.853. The lowest BCUT2D eigenvalue weighted by Crippen LogP contribution is -2.22. The Morgan fingerprint density at radius 3 is 2.53 bits per heavy atom. The minimum atomic E-state index is 0.0956. The molecular formula is C14H19NO2. The monoisotopic (exact) mass is 233 g/mol. The van der Waals surface area contributed by atoms with E-state index in [9.17, 15) is 4.79 Å². The molecule has 0 saturated heterocycles. The van der Waals surface area contributed by atoms with Crippen molar-refractivity contribution in [3.8, 4) is 5.75 Å². The highest BCUT2D eigenvalue weighted by Crippen LogP contribution is 2.13. The van der Waals surface area contributed by atoms with E-state index in [-0.39, 0.29) is 5.78 Å². The van der Waals surface area contributed by atoms with E-state index < -0.39 is 0 Å². The first-order valence-electron chi connectivity index (χ1n) is 5.74. The number of nitrogens with one attached hydrogen (secondary N) is 1. The summed E-state index contributed by atoms with van der Waals surface area (Å²) in [4.78, 5) is 11.7. The van der Waals surface area contributed by atoms with E-state index in [1.54, 1.807) is 12.1 Å². The van der Waals surface area contributed by atoms with Crippen LogP contribution in [0.3, 0.4) is 0 Å². The second-order valence-corrected chi connectivity index (χ2v) is 3.97. The van der Waals surface area contributed by atoms with Crippen LogP contribution < -0.4 is 10.1 Å². The molecular weight excluding hydrogens is 214 g/mol. The van der Waals surface area contributed by atoms with Crippen molar-refractivity contribution in [3.05, 3.63) is 42.0 Å². The molecule has 0 aliphatic carbocycles. The van der Waals surface area contributed by atoms with Crippen molar-refractivity contribution in [2.24, 2.45) is 0 Å². The van der Waals surface area contributed by atoms with Gasteiger partial charge in [0.05, 0.1) is 6.54 Å². The topological polar surface area (TPSA) is 38.3 Å². The minimum Gasteiger partial charge on any atom is -0.489 e. The van der Waals surface area contributed by atoms with Crippen LogP contribution in [0.1, 0.15) is 24.2 Å². The van der Waals surface area contributed by atoms with Crippen LogP contribution >= 0.6 is 0 Å². The number of benzene rings is 1. The Bertz CT molecular complexity index is 382. The van der Waals surface area contributed by atoms with Gasteiger partial charge >= 0.3 is 0 Å². The quantitative estimate of drug-likeness (QED) is 0.580. The lowest BCUT2D eigenvalue weighted by molar-refractivity contribution is 0.0991. The number of ketones is 1. The number of Topliss-reactive ketones (excluding diaryl/α,β-unsaturated/α-hetero) is 1. The van der Waals surface area contributed by atoms with Crippen LogP contribution in [0.15, 0.2) is 36.4 Å². The molecule has 0 fully saturated rings. The SMILES string of the molecule is C=C(C)COc1ccc(C(=O)CNCC)cc1. The van der Waals surface area contributed by atoms with Gasteiger partial charge in [-0.25, -0.2) is 0 Å². The van der Waals surface area contributed by atoms with Crippen molar-refractivity contribution in [3.63, 3.8) is 0 Å². The van der Waals surface area contributed by atoms with E-state index in [2.05, 4.69) is 11.9 Å². The largest absolute Gasteiger partial charge is 0.489 e. The first-order chi connectivity index (χ1) is 8.13. The molecule has 0 unspecified atom stereocenters. The van der Waals surface area contributed by atoms with Crippen LogP contribution in [0.25, 0.3) is 0 Å². The number of carbonyl (C=O) groups is 1. The predicted molar refractivity (Wildman–Crippen MR) is 69.6 cm³/mol. The number of ether oxygens (including phenoxy) is 1. The molecule has 0 bridgehead atoms. The Morgan fingerprint density at radius 2 is 2.00 bits per heavy atom. The summed E-state index contributed by atoms with van der Waals surface area (Å²) in [6.07, 6.45) is 0. The van der Waals surface area contributed by atoms with Gasteiger partial charge in [-0.3, -0.25) is 4.79 Å². The molecule has 1 rings (SSSR count). The molecule has 0 saturated carbocycles. The fourth-order valence-corrected chi connectivity index (χ4v) is 1.28. The number of rotatable bonds is 7. The molecule has 0 aliphatic heterocycles. The summed E-state index contributed by atoms with van der Waals surface area (Å²) in [7, 11) is 0. The van der Waals surface area contributed by atoms with Gasteiger partial charge in [-0.1, -0.05) is 13.5 Å². The second-order valence-electron chi connectivity index (χ2n) is 3.97. The molecule has 92 valence electrons. The van der Waals surface area contributed by atoms with Crippen molar-refractivity contribution in [2.45, 2.75) is 13.8 Å². The molecule has 1 aromatic rings. The molecule has 0 atom stereocenters. The smallest absolute Gasteiger partial charge is 0.176 e. The van der Waals surface area contributed by atoms with Gasteiger partial charge in [0.1, 0.15) is 12.4 Å². The highest BCUT2D eigenvalue weighted by molar-refractivity contribution is 5.97. The van der Waals surface area contributed by atoms with Crippen molar-refractivity contribution in [1.82, 2.24) is 5.32 Å². The van der Waals surface area contributed by atoms with Crippen LogP contribution in [0.4, 0.5) is 0 Å². The number of hydrogen-bond acceptors (Lipinski definition) is 3. The van der Waals surface area contributed by atoms with Crippen molar-refractivity contribution >= 4 is 5.78 Å². The van der Waals surface area contributed by atoms with Crippen molar-refractivity contribution in [1.29, 1.82) is 0 Å². The third-order valence-electron chi connectivity index (χ3n) is 2.20. The molecule has 0 aliphatic rings. The standard InChI is InChI=1S/C14H19NO2/c1-4-15-9-14(16)12-5-7-13(8-6-12)17-10-11(2)3/h5-8,15H,2,4,9-10H2,1,3H3. The van der Waals surface area contributed by atoms with Crippen LogP contribution in [-0.2, 0) is 0 Å². The Hall–Kier alpha value is -1.61. The summed E-state index contributed by atoms with van der Waals surface area (Å²) >= 11 is 0. The molecule has 3 nitrogen and oxygen atoms in total. The van der Waals surface area contributed by atoms with Gasteiger partial charge in [-0.15, -0.1) is 0 Å². The average molecular weight is 233 g/mol. The van der Waals surface area contributed by atoms with Gasteiger partial charge in [0.2, 0.25) is 0 Å². The Kier molecular flexibility index (Phi) is 5.43. The van der Waals surface area contributed by atoms with Crippen LogP contribution in [-0.4, -0.2) is 25.5 Å². The van der Waals surface area contributed by atoms with E-state index in [4.69, 9.17) is 4.74 Å². The van der Waals surface area contributed by atoms with E-state index in [1.165, 1.54) is 0 Å². The zero-order valence-corrected chi connectivity index (χ0v) is 10.5. The van der Waals surface area contributed by atoms with Crippen LogP contribution in [0.2, 0.25) is 0 Å². The number of hydrogen-bond donors (Lipinski definition) is 1. The number of likely N-dealkylation sites (N-methyl/N-ethyl adjacent to an activating group) is 1. The first-order valence-corrected chi connectivity index (χ1v) is 5.74. The maximum Gasteiger partial charge on any atom is 0.176 e. The summed E-state index contributed by atoms with van der Waals surface area (Å²) in [6.45, 7) is 9.33. The van der Waals surface area contributed by atoms with Crippen LogP contribution in [0, 0.1) is 0 Å². The maximum absolute atomic E-state index is 11.7. The minimum absolute atomic E-state index is 0.0956. The third kappa shape index (κ3) is 4.83. The lowest BCUT2D eigenvalue weighted by atomic mass is 10.1. The summed E-state index contributed by atoms with van der Waals surface area (Å²) < 4.78 is 5.46. The van der Waals surface area contributed by atoms with Crippen molar-refractivity contribution < 1.29 is 9.53 Å². The van der Waals surface area contributed by atoms with Gasteiger partial charge in [-0.2, -0.15) is 0 Å². The Morgan fingerprint density at radius 1 is 1.35 bits per heavy atom. The van der Waals surface area contributed by atoms with E-state index in [0.29, 0.717) is 18.7 Å². The molecule has 0 heterocycles.